The highest BCUT2D eigenvalue weighted by Gasteiger charge is 2.34. The van der Waals surface area contributed by atoms with Crippen LogP contribution in [0.4, 0.5) is 11.5 Å². The van der Waals surface area contributed by atoms with Crippen molar-refractivity contribution < 1.29 is 4.92 Å². The lowest BCUT2D eigenvalue weighted by atomic mass is 10.2. The number of aromatic nitrogens is 2. The molecule has 94 valence electrons. The summed E-state index contributed by atoms with van der Waals surface area (Å²) >= 11 is 0. The molecular formula is C10H17N5O2. The van der Waals surface area contributed by atoms with Gasteiger partial charge in [-0.25, -0.2) is 4.68 Å². The average molecular weight is 239 g/mol. The van der Waals surface area contributed by atoms with Crippen LogP contribution in [0.2, 0.25) is 0 Å². The summed E-state index contributed by atoms with van der Waals surface area (Å²) in [6.45, 7) is 2.98. The van der Waals surface area contributed by atoms with Gasteiger partial charge in [0.25, 0.3) is 0 Å². The molecule has 0 bridgehead atoms. The lowest BCUT2D eigenvalue weighted by Crippen LogP contribution is -2.36. The second-order valence-electron chi connectivity index (χ2n) is 4.36. The Labute approximate surface area is 99.3 Å². The number of hydrogen-bond acceptors (Lipinski definition) is 5. The highest BCUT2D eigenvalue weighted by atomic mass is 16.6. The van der Waals surface area contributed by atoms with Crippen LogP contribution in [-0.2, 0) is 7.05 Å². The Morgan fingerprint density at radius 2 is 2.35 bits per heavy atom. The van der Waals surface area contributed by atoms with Gasteiger partial charge in [-0.05, 0) is 19.8 Å². The lowest BCUT2D eigenvalue weighted by Gasteiger charge is -2.24. The highest BCUT2D eigenvalue weighted by Crippen LogP contribution is 2.34. The van der Waals surface area contributed by atoms with Crippen LogP contribution in [0.5, 0.6) is 0 Å². The molecule has 1 fully saturated rings. The minimum atomic E-state index is -0.358. The van der Waals surface area contributed by atoms with E-state index in [-0.39, 0.29) is 16.7 Å². The molecule has 0 saturated carbocycles. The van der Waals surface area contributed by atoms with Crippen LogP contribution in [0.1, 0.15) is 18.5 Å². The molecule has 1 saturated heterocycles. The van der Waals surface area contributed by atoms with Gasteiger partial charge in [0.2, 0.25) is 5.82 Å². The molecule has 7 nitrogen and oxygen atoms in total. The van der Waals surface area contributed by atoms with Crippen molar-refractivity contribution in [1.82, 2.24) is 9.78 Å². The van der Waals surface area contributed by atoms with Crippen LogP contribution in [0.3, 0.4) is 0 Å². The van der Waals surface area contributed by atoms with Gasteiger partial charge in [-0.2, -0.15) is 5.10 Å². The van der Waals surface area contributed by atoms with Gasteiger partial charge in [-0.1, -0.05) is 0 Å². The smallest absolute Gasteiger partial charge is 0.333 e. The maximum Gasteiger partial charge on any atom is 0.333 e. The predicted octanol–water partition coefficient (Wildman–Crippen LogP) is 0.564. The quantitative estimate of drug-likeness (QED) is 0.615. The van der Waals surface area contributed by atoms with Gasteiger partial charge in [0.05, 0.1) is 4.92 Å². The second kappa shape index (κ2) is 4.33. The SMILES string of the molecule is Cc1nn(C)c(N2CCCC2CN)c1[N+](=O)[O-]. The van der Waals surface area contributed by atoms with Gasteiger partial charge < -0.3 is 10.6 Å². The Hall–Kier alpha value is -1.63. The van der Waals surface area contributed by atoms with Gasteiger partial charge >= 0.3 is 5.69 Å². The van der Waals surface area contributed by atoms with E-state index in [1.807, 2.05) is 4.90 Å². The Morgan fingerprint density at radius 1 is 1.65 bits per heavy atom. The minimum Gasteiger partial charge on any atom is -0.347 e. The molecular weight excluding hydrogens is 222 g/mol. The molecule has 1 aromatic heterocycles. The van der Waals surface area contributed by atoms with Crippen molar-refractivity contribution in [2.75, 3.05) is 18.0 Å². The molecule has 1 atom stereocenters. The molecule has 17 heavy (non-hydrogen) atoms. The highest BCUT2D eigenvalue weighted by molar-refractivity contribution is 5.62. The first kappa shape index (κ1) is 11.8. The molecule has 7 heteroatoms. The fraction of sp³-hybridized carbons (Fsp3) is 0.700. The normalized spacial score (nSPS) is 19.9. The standard InChI is InChI=1S/C10H17N5O2/c1-7-9(15(16)17)10(13(2)12-7)14-5-3-4-8(14)6-11/h8H,3-6,11H2,1-2H3. The van der Waals surface area contributed by atoms with Crippen molar-refractivity contribution in [3.05, 3.63) is 15.8 Å². The van der Waals surface area contributed by atoms with Crippen LogP contribution in [-0.4, -0.2) is 33.8 Å². The zero-order valence-electron chi connectivity index (χ0n) is 10.1. The van der Waals surface area contributed by atoms with Crippen molar-refractivity contribution in [3.8, 4) is 0 Å². The predicted molar refractivity (Wildman–Crippen MR) is 64.0 cm³/mol. The Balaban J connectivity index is 2.47. The van der Waals surface area contributed by atoms with Crippen molar-refractivity contribution in [2.45, 2.75) is 25.8 Å². The van der Waals surface area contributed by atoms with E-state index in [9.17, 15) is 10.1 Å². The maximum absolute atomic E-state index is 11.1. The van der Waals surface area contributed by atoms with E-state index in [0.29, 0.717) is 18.1 Å². The summed E-state index contributed by atoms with van der Waals surface area (Å²) in [6, 6.07) is 0.184. The summed E-state index contributed by atoms with van der Waals surface area (Å²) in [6.07, 6.45) is 2.00. The number of nitrogens with zero attached hydrogens (tertiary/aromatic N) is 4. The number of nitro groups is 1. The maximum atomic E-state index is 11.1. The molecule has 2 rings (SSSR count). The summed E-state index contributed by atoms with van der Waals surface area (Å²) in [7, 11) is 1.74. The molecule has 0 spiro atoms. The van der Waals surface area contributed by atoms with Gasteiger partial charge in [-0.15, -0.1) is 0 Å². The first-order valence-corrected chi connectivity index (χ1v) is 5.71. The van der Waals surface area contributed by atoms with E-state index in [2.05, 4.69) is 5.10 Å². The first-order chi connectivity index (χ1) is 8.06. The van der Waals surface area contributed by atoms with Gasteiger partial charge in [0.15, 0.2) is 0 Å². The van der Waals surface area contributed by atoms with Crippen LogP contribution >= 0.6 is 0 Å². The third-order valence-corrected chi connectivity index (χ3v) is 3.26. The Morgan fingerprint density at radius 3 is 2.94 bits per heavy atom. The number of rotatable bonds is 3. The summed E-state index contributed by atoms with van der Waals surface area (Å²) in [5.74, 6) is 0.584. The third-order valence-electron chi connectivity index (χ3n) is 3.26. The summed E-state index contributed by atoms with van der Waals surface area (Å²) in [5.41, 5.74) is 6.26. The molecule has 0 radical (unpaired) electrons. The van der Waals surface area contributed by atoms with Gasteiger partial charge in [0.1, 0.15) is 5.69 Å². The monoisotopic (exact) mass is 239 g/mol. The molecule has 1 aliphatic rings. The fourth-order valence-electron chi connectivity index (χ4n) is 2.53. The van der Waals surface area contributed by atoms with Crippen molar-refractivity contribution in [1.29, 1.82) is 0 Å². The van der Waals surface area contributed by atoms with Crippen molar-refractivity contribution >= 4 is 11.5 Å². The van der Waals surface area contributed by atoms with E-state index in [1.165, 1.54) is 0 Å². The first-order valence-electron chi connectivity index (χ1n) is 5.71. The van der Waals surface area contributed by atoms with E-state index in [1.54, 1.807) is 18.7 Å². The number of aryl methyl sites for hydroxylation is 2. The van der Waals surface area contributed by atoms with E-state index in [0.717, 1.165) is 19.4 Å². The number of anilines is 1. The zero-order valence-corrected chi connectivity index (χ0v) is 10.1. The number of hydrogen-bond donors (Lipinski definition) is 1. The van der Waals surface area contributed by atoms with Gasteiger partial charge in [0, 0.05) is 26.2 Å². The minimum absolute atomic E-state index is 0.104. The summed E-state index contributed by atoms with van der Waals surface area (Å²) in [4.78, 5) is 12.8. The molecule has 2 heterocycles. The van der Waals surface area contributed by atoms with Crippen LogP contribution in [0.15, 0.2) is 0 Å². The van der Waals surface area contributed by atoms with Crippen molar-refractivity contribution in [3.63, 3.8) is 0 Å². The molecule has 2 N–H and O–H groups in total. The molecule has 1 aliphatic heterocycles. The van der Waals surface area contributed by atoms with E-state index in [4.69, 9.17) is 5.73 Å². The van der Waals surface area contributed by atoms with Crippen LogP contribution in [0.25, 0.3) is 0 Å². The average Bonchev–Trinajstić information content (AvgIpc) is 2.81. The Bertz CT molecular complexity index is 442. The molecule has 0 aromatic carbocycles. The lowest BCUT2D eigenvalue weighted by molar-refractivity contribution is -0.384. The fourth-order valence-corrected chi connectivity index (χ4v) is 2.53. The van der Waals surface area contributed by atoms with Crippen molar-refractivity contribution in [2.24, 2.45) is 12.8 Å². The van der Waals surface area contributed by atoms with Gasteiger partial charge in [-0.3, -0.25) is 10.1 Å². The van der Waals surface area contributed by atoms with E-state index >= 15 is 0 Å². The third kappa shape index (κ3) is 1.86. The summed E-state index contributed by atoms with van der Waals surface area (Å²) < 4.78 is 1.58. The van der Waals surface area contributed by atoms with Crippen LogP contribution in [0, 0.1) is 17.0 Å². The zero-order chi connectivity index (χ0) is 12.6. The topological polar surface area (TPSA) is 90.2 Å². The molecule has 1 aromatic rings. The van der Waals surface area contributed by atoms with Crippen LogP contribution < -0.4 is 10.6 Å². The summed E-state index contributed by atoms with van der Waals surface area (Å²) in [5, 5.41) is 15.2. The second-order valence-corrected chi connectivity index (χ2v) is 4.36. The molecule has 1 unspecified atom stereocenters. The number of nitrogens with two attached hydrogens (primary N) is 1. The molecule has 0 aliphatic carbocycles. The molecule has 0 amide bonds. The Kier molecular flexibility index (Phi) is 3.01. The van der Waals surface area contributed by atoms with E-state index < -0.39 is 0 Å². The largest absolute Gasteiger partial charge is 0.347 e.